The lowest BCUT2D eigenvalue weighted by Crippen LogP contribution is -2.40. The summed E-state index contributed by atoms with van der Waals surface area (Å²) in [5.74, 6) is 0.0655. The molecule has 0 aliphatic carbocycles. The van der Waals surface area contributed by atoms with Gasteiger partial charge in [-0.15, -0.1) is 0 Å². The largest absolute Gasteiger partial charge is 0.495 e. The topological polar surface area (TPSA) is 84.9 Å². The zero-order valence-corrected chi connectivity index (χ0v) is 17.0. The van der Waals surface area contributed by atoms with Gasteiger partial charge < -0.3 is 14.8 Å². The third kappa shape index (κ3) is 4.19. The van der Waals surface area contributed by atoms with Crippen molar-refractivity contribution in [2.45, 2.75) is 18.7 Å². The van der Waals surface area contributed by atoms with Crippen LogP contribution in [0.15, 0.2) is 41.3 Å². The molecule has 1 aliphatic heterocycles. The van der Waals surface area contributed by atoms with Crippen molar-refractivity contribution >= 4 is 21.6 Å². The van der Waals surface area contributed by atoms with Crippen LogP contribution in [0.25, 0.3) is 0 Å². The number of amides is 1. The van der Waals surface area contributed by atoms with Crippen LogP contribution in [0.3, 0.4) is 0 Å². The minimum atomic E-state index is -3.68. The number of nitrogens with zero attached hydrogens (tertiary/aromatic N) is 1. The number of ether oxygens (including phenoxy) is 2. The van der Waals surface area contributed by atoms with E-state index in [4.69, 9.17) is 9.47 Å². The molecule has 0 saturated carbocycles. The number of hydrogen-bond donors (Lipinski definition) is 1. The first-order valence-corrected chi connectivity index (χ1v) is 10.4. The molecule has 1 fully saturated rings. The number of anilines is 1. The van der Waals surface area contributed by atoms with E-state index < -0.39 is 10.0 Å². The van der Waals surface area contributed by atoms with Crippen molar-refractivity contribution in [3.63, 3.8) is 0 Å². The lowest BCUT2D eigenvalue weighted by atomic mass is 10.1. The minimum Gasteiger partial charge on any atom is -0.495 e. The Morgan fingerprint density at radius 2 is 1.82 bits per heavy atom. The molecule has 1 saturated heterocycles. The van der Waals surface area contributed by atoms with Gasteiger partial charge in [-0.05, 0) is 43.7 Å². The van der Waals surface area contributed by atoms with Crippen LogP contribution in [0.4, 0.5) is 5.69 Å². The average Bonchev–Trinajstić information content (AvgIpc) is 2.68. The number of methoxy groups -OCH3 is 1. The lowest BCUT2D eigenvalue weighted by molar-refractivity contribution is 0.0730. The molecular formula is C20H24N2O5S. The Hall–Kier alpha value is -2.42. The normalized spacial score (nSPS) is 15.2. The van der Waals surface area contributed by atoms with Crippen LogP contribution in [0.1, 0.15) is 21.5 Å². The van der Waals surface area contributed by atoms with E-state index in [1.165, 1.54) is 23.5 Å². The van der Waals surface area contributed by atoms with Gasteiger partial charge in [0.1, 0.15) is 5.75 Å². The van der Waals surface area contributed by atoms with Crippen molar-refractivity contribution < 1.29 is 22.7 Å². The molecule has 0 unspecified atom stereocenters. The standard InChI is InChI=1S/C20H24N2O5S/c1-14-4-6-17(15(2)12-14)20(23)21-18-13-16(5-7-19(18)26-3)28(24,25)22-8-10-27-11-9-22/h4-7,12-13H,8-11H2,1-3H3,(H,21,23). The van der Waals surface area contributed by atoms with E-state index in [1.54, 1.807) is 12.1 Å². The van der Waals surface area contributed by atoms with Gasteiger partial charge in [-0.1, -0.05) is 17.7 Å². The minimum absolute atomic E-state index is 0.103. The third-order valence-electron chi connectivity index (χ3n) is 4.65. The first-order chi connectivity index (χ1) is 13.3. The molecule has 1 aliphatic rings. The summed E-state index contributed by atoms with van der Waals surface area (Å²) >= 11 is 0. The van der Waals surface area contributed by atoms with E-state index in [-0.39, 0.29) is 10.8 Å². The number of aryl methyl sites for hydroxylation is 2. The predicted octanol–water partition coefficient (Wildman–Crippen LogP) is 2.59. The first-order valence-electron chi connectivity index (χ1n) is 8.97. The van der Waals surface area contributed by atoms with Gasteiger partial charge in [-0.3, -0.25) is 4.79 Å². The summed E-state index contributed by atoms with van der Waals surface area (Å²) in [7, 11) is -2.21. The van der Waals surface area contributed by atoms with E-state index >= 15 is 0 Å². The van der Waals surface area contributed by atoms with Crippen LogP contribution in [-0.4, -0.2) is 52.0 Å². The number of hydrogen-bond acceptors (Lipinski definition) is 5. The Bertz CT molecular complexity index is 982. The van der Waals surface area contributed by atoms with Gasteiger partial charge in [0.2, 0.25) is 10.0 Å². The van der Waals surface area contributed by atoms with Crippen LogP contribution in [0, 0.1) is 13.8 Å². The zero-order valence-electron chi connectivity index (χ0n) is 16.2. The molecule has 2 aromatic carbocycles. The first kappa shape index (κ1) is 20.3. The van der Waals surface area contributed by atoms with Crippen LogP contribution in [0.2, 0.25) is 0 Å². The average molecular weight is 404 g/mol. The monoisotopic (exact) mass is 404 g/mol. The van der Waals surface area contributed by atoms with Gasteiger partial charge in [0, 0.05) is 18.7 Å². The second-order valence-electron chi connectivity index (χ2n) is 6.65. The molecule has 28 heavy (non-hydrogen) atoms. The number of sulfonamides is 1. The molecule has 1 amide bonds. The highest BCUT2D eigenvalue weighted by Crippen LogP contribution is 2.30. The molecule has 1 heterocycles. The van der Waals surface area contributed by atoms with Gasteiger partial charge in [0.15, 0.2) is 0 Å². The van der Waals surface area contributed by atoms with Crippen LogP contribution in [-0.2, 0) is 14.8 Å². The van der Waals surface area contributed by atoms with Crippen LogP contribution >= 0.6 is 0 Å². The Labute approximate surface area is 165 Å². The Morgan fingerprint density at radius 1 is 1.11 bits per heavy atom. The summed E-state index contributed by atoms with van der Waals surface area (Å²) in [5, 5.41) is 2.78. The Kier molecular flexibility index (Phi) is 6.02. The highest BCUT2D eigenvalue weighted by atomic mass is 32.2. The molecule has 2 aromatic rings. The predicted molar refractivity (Wildman–Crippen MR) is 106 cm³/mol. The van der Waals surface area contributed by atoms with Gasteiger partial charge in [0.25, 0.3) is 5.91 Å². The second-order valence-corrected chi connectivity index (χ2v) is 8.59. The van der Waals surface area contributed by atoms with Crippen molar-refractivity contribution in [3.05, 3.63) is 53.1 Å². The number of rotatable bonds is 5. The SMILES string of the molecule is COc1ccc(S(=O)(=O)N2CCOCC2)cc1NC(=O)c1ccc(C)cc1C. The summed E-state index contributed by atoms with van der Waals surface area (Å²) < 4.78 is 37.7. The molecule has 8 heteroatoms. The molecule has 0 spiro atoms. The van der Waals surface area contributed by atoms with E-state index in [1.807, 2.05) is 26.0 Å². The summed E-state index contributed by atoms with van der Waals surface area (Å²) in [5.41, 5.74) is 2.73. The lowest BCUT2D eigenvalue weighted by Gasteiger charge is -2.26. The highest BCUT2D eigenvalue weighted by Gasteiger charge is 2.27. The van der Waals surface area contributed by atoms with Crippen molar-refractivity contribution in [3.8, 4) is 5.75 Å². The summed E-state index contributed by atoms with van der Waals surface area (Å²) in [6, 6.07) is 10.00. The molecule has 0 bridgehead atoms. The molecule has 0 radical (unpaired) electrons. The van der Waals surface area contributed by atoms with Gasteiger partial charge in [0.05, 0.1) is 30.9 Å². The summed E-state index contributed by atoms with van der Waals surface area (Å²) in [6.45, 7) is 5.16. The number of morpholine rings is 1. The maximum Gasteiger partial charge on any atom is 0.256 e. The number of carbonyl (C=O) groups excluding carboxylic acids is 1. The number of nitrogens with one attached hydrogen (secondary N) is 1. The summed E-state index contributed by atoms with van der Waals surface area (Å²) in [4.78, 5) is 12.8. The molecule has 3 rings (SSSR count). The molecule has 0 aromatic heterocycles. The highest BCUT2D eigenvalue weighted by molar-refractivity contribution is 7.89. The van der Waals surface area contributed by atoms with E-state index in [9.17, 15) is 13.2 Å². The van der Waals surface area contributed by atoms with Crippen molar-refractivity contribution in [1.29, 1.82) is 0 Å². The Morgan fingerprint density at radius 3 is 2.46 bits per heavy atom. The van der Waals surface area contributed by atoms with E-state index in [0.29, 0.717) is 43.3 Å². The fourth-order valence-corrected chi connectivity index (χ4v) is 4.57. The fraction of sp³-hybridized carbons (Fsp3) is 0.350. The van der Waals surface area contributed by atoms with Crippen molar-refractivity contribution in [2.24, 2.45) is 0 Å². The smallest absolute Gasteiger partial charge is 0.256 e. The van der Waals surface area contributed by atoms with E-state index in [0.717, 1.165) is 11.1 Å². The molecular weight excluding hydrogens is 380 g/mol. The van der Waals surface area contributed by atoms with Gasteiger partial charge in [-0.25, -0.2) is 8.42 Å². The molecule has 7 nitrogen and oxygen atoms in total. The molecule has 1 N–H and O–H groups in total. The van der Waals surface area contributed by atoms with Gasteiger partial charge in [-0.2, -0.15) is 4.31 Å². The van der Waals surface area contributed by atoms with E-state index in [2.05, 4.69) is 5.32 Å². The Balaban J connectivity index is 1.92. The maximum atomic E-state index is 12.9. The zero-order chi connectivity index (χ0) is 20.3. The van der Waals surface area contributed by atoms with Crippen molar-refractivity contribution in [2.75, 3.05) is 38.7 Å². The second kappa shape index (κ2) is 8.30. The van der Waals surface area contributed by atoms with Gasteiger partial charge >= 0.3 is 0 Å². The van der Waals surface area contributed by atoms with Crippen LogP contribution in [0.5, 0.6) is 5.75 Å². The number of benzene rings is 2. The summed E-state index contributed by atoms with van der Waals surface area (Å²) in [6.07, 6.45) is 0. The quantitative estimate of drug-likeness (QED) is 0.828. The fourth-order valence-electron chi connectivity index (χ4n) is 3.14. The number of carbonyl (C=O) groups is 1. The molecule has 150 valence electrons. The van der Waals surface area contributed by atoms with Crippen LogP contribution < -0.4 is 10.1 Å². The maximum absolute atomic E-state index is 12.9. The van der Waals surface area contributed by atoms with Crippen molar-refractivity contribution in [1.82, 2.24) is 4.31 Å². The third-order valence-corrected chi connectivity index (χ3v) is 6.55. The molecule has 0 atom stereocenters.